The molecule has 0 amide bonds. The van der Waals surface area contributed by atoms with E-state index in [0.29, 0.717) is 16.3 Å². The van der Waals surface area contributed by atoms with Crippen molar-refractivity contribution in [2.75, 3.05) is 0 Å². The number of aromatic nitrogens is 4. The quantitative estimate of drug-likeness (QED) is 0.469. The molecule has 6 rings (SSSR count). The van der Waals surface area contributed by atoms with Crippen molar-refractivity contribution in [3.63, 3.8) is 0 Å². The zero-order valence-corrected chi connectivity index (χ0v) is 17.9. The third-order valence-corrected chi connectivity index (χ3v) is 6.79. The van der Waals surface area contributed by atoms with Gasteiger partial charge in [0.15, 0.2) is 11.6 Å². The molecule has 7 nitrogen and oxygen atoms in total. The predicted molar refractivity (Wildman–Crippen MR) is 123 cm³/mol. The number of aliphatic hydroxyl groups excluding tert-OH is 1. The zero-order valence-electron chi connectivity index (χ0n) is 17.1. The number of pyridine rings is 1. The van der Waals surface area contributed by atoms with Crippen LogP contribution in [0, 0.1) is 6.92 Å². The second kappa shape index (κ2) is 7.06. The topological polar surface area (TPSA) is 93.3 Å². The SMILES string of the molecule is Cc1nn(-c2ccccn2)c2c1-c1nc(/N=C/C3=C(O)c4ccccc4C3=O)sc1CC2. The molecular weight excluding hydrogens is 422 g/mol. The highest BCUT2D eigenvalue weighted by Gasteiger charge is 2.30. The number of hydrogen-bond donors (Lipinski definition) is 1. The standard InChI is InChI=1S/C24H17N5O2S/c1-13-20-17(29(28-13)19-8-4-5-11-25-19)9-10-18-21(20)27-24(32-18)26-12-16-22(30)14-6-2-3-7-15(14)23(16)31/h2-8,11-12,30H,9-10H2,1H3/b26-12+. The number of nitrogens with zero attached hydrogens (tertiary/aromatic N) is 5. The molecule has 0 saturated heterocycles. The molecule has 0 unspecified atom stereocenters. The van der Waals surface area contributed by atoms with Crippen molar-refractivity contribution in [2.24, 2.45) is 4.99 Å². The largest absolute Gasteiger partial charge is 0.506 e. The third-order valence-electron chi connectivity index (χ3n) is 5.76. The maximum absolute atomic E-state index is 12.6. The molecule has 0 saturated carbocycles. The highest BCUT2D eigenvalue weighted by Crippen LogP contribution is 2.41. The molecule has 2 aliphatic rings. The molecule has 1 N–H and O–H groups in total. The number of hydrogen-bond acceptors (Lipinski definition) is 7. The third kappa shape index (κ3) is 2.76. The summed E-state index contributed by atoms with van der Waals surface area (Å²) in [5, 5.41) is 15.7. The van der Waals surface area contributed by atoms with E-state index in [1.54, 1.807) is 30.5 Å². The molecule has 0 atom stereocenters. The van der Waals surface area contributed by atoms with Crippen LogP contribution in [-0.4, -0.2) is 36.9 Å². The molecular formula is C24H17N5O2S. The van der Waals surface area contributed by atoms with Gasteiger partial charge < -0.3 is 5.11 Å². The van der Waals surface area contributed by atoms with E-state index in [4.69, 9.17) is 10.1 Å². The average molecular weight is 440 g/mol. The number of allylic oxidation sites excluding steroid dienone is 1. The number of ketones is 1. The Bertz CT molecular complexity index is 1460. The van der Waals surface area contributed by atoms with Gasteiger partial charge in [-0.1, -0.05) is 41.7 Å². The van der Waals surface area contributed by atoms with Gasteiger partial charge in [-0.05, 0) is 31.9 Å². The minimum absolute atomic E-state index is 0.0366. The number of aliphatic hydroxyl groups is 1. The monoisotopic (exact) mass is 439 g/mol. The molecule has 8 heteroatoms. The van der Waals surface area contributed by atoms with Crippen molar-refractivity contribution in [2.45, 2.75) is 19.8 Å². The van der Waals surface area contributed by atoms with E-state index in [0.717, 1.165) is 46.2 Å². The fourth-order valence-electron chi connectivity index (χ4n) is 4.30. The summed E-state index contributed by atoms with van der Waals surface area (Å²) in [6, 6.07) is 12.8. The molecule has 1 aromatic carbocycles. The Hall–Kier alpha value is -3.91. The zero-order chi connectivity index (χ0) is 21.8. The van der Waals surface area contributed by atoms with Gasteiger partial charge in [0.1, 0.15) is 5.76 Å². The van der Waals surface area contributed by atoms with Gasteiger partial charge in [-0.15, -0.1) is 0 Å². The first-order valence-electron chi connectivity index (χ1n) is 10.2. The van der Waals surface area contributed by atoms with Crippen LogP contribution in [0.15, 0.2) is 59.2 Å². The van der Waals surface area contributed by atoms with Crippen LogP contribution in [0.2, 0.25) is 0 Å². The molecule has 0 radical (unpaired) electrons. The molecule has 4 aromatic rings. The summed E-state index contributed by atoms with van der Waals surface area (Å²) in [5.41, 5.74) is 5.14. The van der Waals surface area contributed by atoms with Crippen LogP contribution in [-0.2, 0) is 12.8 Å². The van der Waals surface area contributed by atoms with E-state index in [1.807, 2.05) is 29.8 Å². The highest BCUT2D eigenvalue weighted by atomic mass is 32.1. The first-order valence-corrected chi connectivity index (χ1v) is 11.0. The van der Waals surface area contributed by atoms with E-state index in [-0.39, 0.29) is 17.1 Å². The lowest BCUT2D eigenvalue weighted by Crippen LogP contribution is -2.08. The summed E-state index contributed by atoms with van der Waals surface area (Å²) >= 11 is 1.51. The van der Waals surface area contributed by atoms with E-state index in [1.165, 1.54) is 17.6 Å². The maximum atomic E-state index is 12.6. The molecule has 0 fully saturated rings. The van der Waals surface area contributed by atoms with Gasteiger partial charge in [0, 0.05) is 34.0 Å². The second-order valence-corrected chi connectivity index (χ2v) is 8.73. The molecule has 156 valence electrons. The Balaban J connectivity index is 1.37. The smallest absolute Gasteiger partial charge is 0.209 e. The first-order chi connectivity index (χ1) is 15.6. The van der Waals surface area contributed by atoms with Crippen LogP contribution < -0.4 is 0 Å². The molecule has 0 aliphatic heterocycles. The minimum Gasteiger partial charge on any atom is -0.506 e. The Morgan fingerprint density at radius 3 is 2.72 bits per heavy atom. The first kappa shape index (κ1) is 18.8. The number of carbonyl (C=O) groups excluding carboxylic acids is 1. The number of benzene rings is 1. The second-order valence-electron chi connectivity index (χ2n) is 7.67. The van der Waals surface area contributed by atoms with Gasteiger partial charge in [-0.3, -0.25) is 4.79 Å². The number of thiazole rings is 1. The summed E-state index contributed by atoms with van der Waals surface area (Å²) < 4.78 is 1.90. The number of Topliss-reactive ketones (excluding diaryl/α,β-unsaturated/α-hetero) is 1. The Morgan fingerprint density at radius 2 is 1.94 bits per heavy atom. The molecule has 3 aromatic heterocycles. The van der Waals surface area contributed by atoms with E-state index >= 15 is 0 Å². The fourth-order valence-corrected chi connectivity index (χ4v) is 5.21. The molecule has 32 heavy (non-hydrogen) atoms. The van der Waals surface area contributed by atoms with E-state index in [9.17, 15) is 9.90 Å². The lowest BCUT2D eigenvalue weighted by Gasteiger charge is -2.13. The van der Waals surface area contributed by atoms with Crippen LogP contribution in [0.5, 0.6) is 0 Å². The number of rotatable bonds is 3. The van der Waals surface area contributed by atoms with Gasteiger partial charge in [-0.2, -0.15) is 5.10 Å². The van der Waals surface area contributed by atoms with Crippen molar-refractivity contribution in [3.8, 4) is 17.1 Å². The van der Waals surface area contributed by atoms with Crippen molar-refractivity contribution < 1.29 is 9.90 Å². The van der Waals surface area contributed by atoms with Crippen LogP contribution in [0.3, 0.4) is 0 Å². The van der Waals surface area contributed by atoms with Crippen molar-refractivity contribution in [3.05, 3.63) is 81.6 Å². The maximum Gasteiger partial charge on any atom is 0.209 e. The summed E-state index contributed by atoms with van der Waals surface area (Å²) in [6.45, 7) is 1.98. The minimum atomic E-state index is -0.224. The number of carbonyl (C=O) groups is 1. The lowest BCUT2D eigenvalue weighted by molar-refractivity contribution is 0.104. The molecule has 3 heterocycles. The Kier molecular flexibility index (Phi) is 4.16. The van der Waals surface area contributed by atoms with Gasteiger partial charge >= 0.3 is 0 Å². The van der Waals surface area contributed by atoms with Crippen molar-refractivity contribution in [1.29, 1.82) is 0 Å². The Morgan fingerprint density at radius 1 is 1.12 bits per heavy atom. The van der Waals surface area contributed by atoms with Crippen LogP contribution in [0.25, 0.3) is 22.8 Å². The fraction of sp³-hybridized carbons (Fsp3) is 0.125. The molecule has 0 bridgehead atoms. The van der Waals surface area contributed by atoms with Gasteiger partial charge in [0.05, 0.1) is 22.7 Å². The highest BCUT2D eigenvalue weighted by molar-refractivity contribution is 7.15. The summed E-state index contributed by atoms with van der Waals surface area (Å²) in [4.78, 5) is 27.4. The van der Waals surface area contributed by atoms with Crippen molar-refractivity contribution >= 4 is 34.2 Å². The van der Waals surface area contributed by atoms with Gasteiger partial charge in [0.2, 0.25) is 5.13 Å². The van der Waals surface area contributed by atoms with Gasteiger partial charge in [0.25, 0.3) is 0 Å². The van der Waals surface area contributed by atoms with Crippen LogP contribution in [0.4, 0.5) is 5.13 Å². The number of fused-ring (bicyclic) bond motifs is 4. The predicted octanol–water partition coefficient (Wildman–Crippen LogP) is 4.67. The van der Waals surface area contributed by atoms with E-state index < -0.39 is 0 Å². The normalized spacial score (nSPS) is 14.7. The van der Waals surface area contributed by atoms with Crippen LogP contribution >= 0.6 is 11.3 Å². The van der Waals surface area contributed by atoms with Crippen LogP contribution in [0.1, 0.15) is 32.2 Å². The summed E-state index contributed by atoms with van der Waals surface area (Å²) in [6.07, 6.45) is 4.86. The average Bonchev–Trinajstić information content (AvgIpc) is 3.46. The van der Waals surface area contributed by atoms with Crippen molar-refractivity contribution in [1.82, 2.24) is 19.7 Å². The summed E-state index contributed by atoms with van der Waals surface area (Å²) in [5.74, 6) is 0.527. The number of aryl methyl sites for hydroxylation is 2. The molecule has 2 aliphatic carbocycles. The van der Waals surface area contributed by atoms with E-state index in [2.05, 4.69) is 9.98 Å². The summed E-state index contributed by atoms with van der Waals surface area (Å²) in [7, 11) is 0. The Labute approximate surface area is 187 Å². The molecule has 0 spiro atoms. The number of aliphatic imine (C=N–C) groups is 1. The van der Waals surface area contributed by atoms with Gasteiger partial charge in [-0.25, -0.2) is 19.6 Å². The lowest BCUT2D eigenvalue weighted by atomic mass is 9.98.